The SMILES string of the molecule is CC(C)(C)Cc1ccc2c(c1)C(NCC(O)C(Cc1cc(F)cc(F)c1)NC(=O)CN(C(=O)OC(C)(C)C)C(Cc1cc(F)cc(F)c1)C1CO1)C(N1CCCCC1)CC2. The zero-order chi connectivity index (χ0) is 43.4. The molecule has 2 saturated heterocycles. The number of hydrogen-bond donors (Lipinski definition) is 3. The average molecular weight is 839 g/mol. The fourth-order valence-electron chi connectivity index (χ4n) is 8.84. The van der Waals surface area contributed by atoms with Crippen molar-refractivity contribution in [3.8, 4) is 0 Å². The monoisotopic (exact) mass is 838 g/mol. The van der Waals surface area contributed by atoms with E-state index in [0.717, 1.165) is 81.6 Å². The van der Waals surface area contributed by atoms with Crippen LogP contribution in [0, 0.1) is 28.7 Å². The Labute approximate surface area is 352 Å². The number of piperidine rings is 1. The fraction of sp³-hybridized carbons (Fsp3) is 0.574. The summed E-state index contributed by atoms with van der Waals surface area (Å²) in [5, 5.41) is 18.6. The summed E-state index contributed by atoms with van der Waals surface area (Å²) in [5.74, 6) is -3.85. The van der Waals surface area contributed by atoms with Crippen molar-refractivity contribution in [1.82, 2.24) is 20.4 Å². The predicted octanol–water partition coefficient (Wildman–Crippen LogP) is 7.60. The van der Waals surface area contributed by atoms with Gasteiger partial charge < -0.3 is 25.2 Å². The summed E-state index contributed by atoms with van der Waals surface area (Å²) in [5.41, 5.74) is 3.29. The van der Waals surface area contributed by atoms with E-state index >= 15 is 0 Å². The van der Waals surface area contributed by atoms with E-state index in [0.29, 0.717) is 0 Å². The van der Waals surface area contributed by atoms with Gasteiger partial charge in [-0.3, -0.25) is 14.6 Å². The van der Waals surface area contributed by atoms with Crippen molar-refractivity contribution in [2.24, 2.45) is 5.41 Å². The number of halogens is 4. The summed E-state index contributed by atoms with van der Waals surface area (Å²) >= 11 is 0. The zero-order valence-corrected chi connectivity index (χ0v) is 35.8. The van der Waals surface area contributed by atoms with E-state index in [1.165, 1.54) is 28.0 Å². The molecule has 0 aromatic heterocycles. The van der Waals surface area contributed by atoms with Gasteiger partial charge in [-0.2, -0.15) is 0 Å². The Kier molecular flexibility index (Phi) is 14.7. The molecule has 2 aliphatic heterocycles. The van der Waals surface area contributed by atoms with Crippen molar-refractivity contribution >= 4 is 12.0 Å². The van der Waals surface area contributed by atoms with Gasteiger partial charge in [0.25, 0.3) is 0 Å². The zero-order valence-electron chi connectivity index (χ0n) is 35.8. The van der Waals surface area contributed by atoms with Crippen LogP contribution in [-0.4, -0.2) is 95.6 Å². The summed E-state index contributed by atoms with van der Waals surface area (Å²) in [6.45, 7) is 13.4. The second kappa shape index (κ2) is 19.3. The second-order valence-corrected chi connectivity index (χ2v) is 19.1. The van der Waals surface area contributed by atoms with Crippen LogP contribution in [-0.2, 0) is 40.0 Å². The van der Waals surface area contributed by atoms with Gasteiger partial charge in [-0.05, 0) is 136 Å². The Bertz CT molecular complexity index is 1920. The maximum absolute atomic E-state index is 14.5. The molecule has 2 fully saturated rings. The molecule has 3 aromatic carbocycles. The van der Waals surface area contributed by atoms with E-state index in [9.17, 15) is 32.3 Å². The molecule has 0 spiro atoms. The number of epoxide rings is 1. The van der Waals surface area contributed by atoms with Gasteiger partial charge in [0.05, 0.1) is 24.8 Å². The third kappa shape index (κ3) is 13.0. The molecule has 3 aliphatic rings. The van der Waals surface area contributed by atoms with Crippen LogP contribution in [0.4, 0.5) is 22.4 Å². The number of nitrogens with zero attached hydrogens (tertiary/aromatic N) is 2. The molecule has 0 bridgehead atoms. The van der Waals surface area contributed by atoms with Crippen LogP contribution in [0.15, 0.2) is 54.6 Å². The number of likely N-dealkylation sites (tertiary alicyclic amines) is 1. The third-order valence-electron chi connectivity index (χ3n) is 11.5. The Hall–Kier alpha value is -4.04. The number of carbonyl (C=O) groups is 2. The largest absolute Gasteiger partial charge is 0.444 e. The summed E-state index contributed by atoms with van der Waals surface area (Å²) in [6.07, 6.45) is 3.43. The summed E-state index contributed by atoms with van der Waals surface area (Å²) < 4.78 is 68.8. The highest BCUT2D eigenvalue weighted by atomic mass is 19.1. The molecule has 0 radical (unpaired) electrons. The molecule has 6 atom stereocenters. The minimum absolute atomic E-state index is 0.0388. The lowest BCUT2D eigenvalue weighted by atomic mass is 9.79. The lowest BCUT2D eigenvalue weighted by Gasteiger charge is -2.43. The molecule has 1 aliphatic carbocycles. The molecule has 3 N–H and O–H groups in total. The van der Waals surface area contributed by atoms with Crippen molar-refractivity contribution in [2.75, 3.05) is 32.8 Å². The lowest BCUT2D eigenvalue weighted by Crippen LogP contribution is -2.56. The molecule has 328 valence electrons. The van der Waals surface area contributed by atoms with E-state index < -0.39 is 71.7 Å². The molecule has 13 heteroatoms. The van der Waals surface area contributed by atoms with Crippen LogP contribution in [0.25, 0.3) is 0 Å². The minimum Gasteiger partial charge on any atom is -0.444 e. The van der Waals surface area contributed by atoms with Gasteiger partial charge in [0.2, 0.25) is 5.91 Å². The van der Waals surface area contributed by atoms with Gasteiger partial charge in [0.1, 0.15) is 41.5 Å². The molecular weight excluding hydrogens is 777 g/mol. The average Bonchev–Trinajstić information content (AvgIpc) is 3.99. The first-order valence-corrected chi connectivity index (χ1v) is 21.4. The van der Waals surface area contributed by atoms with E-state index in [4.69, 9.17) is 9.47 Å². The number of aliphatic hydroxyl groups excluding tert-OH is 1. The summed E-state index contributed by atoms with van der Waals surface area (Å²) in [4.78, 5) is 31.7. The maximum atomic E-state index is 14.5. The minimum atomic E-state index is -1.24. The number of fused-ring (bicyclic) bond motifs is 1. The summed E-state index contributed by atoms with van der Waals surface area (Å²) in [7, 11) is 0. The number of benzene rings is 3. The fourth-order valence-corrected chi connectivity index (χ4v) is 8.84. The van der Waals surface area contributed by atoms with Crippen LogP contribution in [0.1, 0.15) is 101 Å². The van der Waals surface area contributed by atoms with Gasteiger partial charge in [0.15, 0.2) is 0 Å². The number of carbonyl (C=O) groups excluding carboxylic acids is 2. The van der Waals surface area contributed by atoms with Crippen molar-refractivity contribution in [1.29, 1.82) is 0 Å². The Morgan fingerprint density at radius 2 is 1.47 bits per heavy atom. The maximum Gasteiger partial charge on any atom is 0.411 e. The van der Waals surface area contributed by atoms with Crippen molar-refractivity contribution < 1.29 is 41.7 Å². The van der Waals surface area contributed by atoms with E-state index in [1.54, 1.807) is 20.8 Å². The molecule has 0 saturated carbocycles. The van der Waals surface area contributed by atoms with Crippen LogP contribution >= 0.6 is 0 Å². The van der Waals surface area contributed by atoms with Crippen molar-refractivity contribution in [2.45, 2.75) is 135 Å². The number of rotatable bonds is 15. The Morgan fingerprint density at radius 3 is 2.03 bits per heavy atom. The van der Waals surface area contributed by atoms with E-state index in [1.807, 2.05) is 0 Å². The van der Waals surface area contributed by atoms with Gasteiger partial charge in [-0.25, -0.2) is 22.4 Å². The number of nitrogens with one attached hydrogen (secondary N) is 2. The number of hydrogen-bond acceptors (Lipinski definition) is 7. The topological polar surface area (TPSA) is 107 Å². The van der Waals surface area contributed by atoms with Gasteiger partial charge in [-0.15, -0.1) is 0 Å². The Balaban J connectivity index is 1.27. The highest BCUT2D eigenvalue weighted by Gasteiger charge is 2.42. The van der Waals surface area contributed by atoms with Gasteiger partial charge >= 0.3 is 6.09 Å². The molecule has 2 amide bonds. The van der Waals surface area contributed by atoms with Crippen LogP contribution in [0.3, 0.4) is 0 Å². The first kappa shape index (κ1) is 45.5. The molecular formula is C47H62F4N4O5. The van der Waals surface area contributed by atoms with Crippen LogP contribution < -0.4 is 10.6 Å². The molecule has 9 nitrogen and oxygen atoms in total. The van der Waals surface area contributed by atoms with Crippen LogP contribution in [0.5, 0.6) is 0 Å². The number of ether oxygens (including phenoxy) is 2. The molecule has 2 heterocycles. The van der Waals surface area contributed by atoms with Crippen LogP contribution in [0.2, 0.25) is 0 Å². The standard InChI is InChI=1S/C47H62F4N4O5/c1-46(2,3)25-29-10-11-32-12-13-39(54-14-8-7-9-15-54)44(37(32)20-29)52-26-41(56)38(21-30-16-33(48)23-34(49)17-30)53-43(57)27-55(45(58)60-47(4,5)6)40(42-28-59-42)22-31-18-35(50)24-36(51)19-31/h10-11,16-20,23-24,38-42,44,52,56H,7-9,12-15,21-22,25-28H2,1-6H3,(H,53,57). The first-order chi connectivity index (χ1) is 28.3. The first-order valence-electron chi connectivity index (χ1n) is 21.4. The van der Waals surface area contributed by atoms with E-state index in [2.05, 4.69) is 54.5 Å². The lowest BCUT2D eigenvalue weighted by molar-refractivity contribution is -0.124. The molecule has 6 unspecified atom stereocenters. The molecule has 60 heavy (non-hydrogen) atoms. The van der Waals surface area contributed by atoms with Gasteiger partial charge in [0, 0.05) is 30.8 Å². The third-order valence-corrected chi connectivity index (χ3v) is 11.5. The van der Waals surface area contributed by atoms with Crippen molar-refractivity contribution in [3.05, 3.63) is 106 Å². The number of aryl methyl sites for hydroxylation is 1. The normalized spacial score (nSPS) is 21.1. The number of aliphatic hydroxyl groups is 1. The Morgan fingerprint density at radius 1 is 0.867 bits per heavy atom. The second-order valence-electron chi connectivity index (χ2n) is 19.1. The van der Waals surface area contributed by atoms with Gasteiger partial charge in [-0.1, -0.05) is 45.4 Å². The highest BCUT2D eigenvalue weighted by Crippen LogP contribution is 2.36. The quantitative estimate of drug-likeness (QED) is 0.107. The summed E-state index contributed by atoms with van der Waals surface area (Å²) in [6, 6.07) is 11.0. The predicted molar refractivity (Wildman–Crippen MR) is 222 cm³/mol. The van der Waals surface area contributed by atoms with Crippen molar-refractivity contribution in [3.63, 3.8) is 0 Å². The molecule has 3 aromatic rings. The number of amides is 2. The molecule has 6 rings (SSSR count). The highest BCUT2D eigenvalue weighted by molar-refractivity contribution is 5.83. The smallest absolute Gasteiger partial charge is 0.411 e. The van der Waals surface area contributed by atoms with E-state index in [-0.39, 0.29) is 54.6 Å².